The number of hydrogen-bond donors (Lipinski definition) is 0. The Morgan fingerprint density at radius 2 is 2.00 bits per heavy atom. The number of carbonyl (C=O) groups is 1. The van der Waals surface area contributed by atoms with Gasteiger partial charge in [0.2, 0.25) is 5.91 Å². The van der Waals surface area contributed by atoms with Crippen LogP contribution < -0.4 is 0 Å². The molecular formula is C9H15F2N2O-. The molecule has 14 heavy (non-hydrogen) atoms. The van der Waals surface area contributed by atoms with Gasteiger partial charge < -0.3 is 10.6 Å². The van der Waals surface area contributed by atoms with Crippen LogP contribution in [0.4, 0.5) is 8.78 Å². The van der Waals surface area contributed by atoms with Crippen molar-refractivity contribution in [3.63, 3.8) is 0 Å². The van der Waals surface area contributed by atoms with Crippen molar-refractivity contribution in [1.82, 2.24) is 4.90 Å². The molecule has 1 N–H and O–H groups in total. The highest BCUT2D eigenvalue weighted by atomic mass is 19.3. The van der Waals surface area contributed by atoms with Gasteiger partial charge in [-0.15, -0.1) is 0 Å². The second-order valence-electron chi connectivity index (χ2n) is 4.23. The largest absolute Gasteiger partial charge is 0.667 e. The fourth-order valence-corrected chi connectivity index (χ4v) is 1.46. The molecule has 0 aromatic rings. The molecule has 1 aliphatic rings. The van der Waals surface area contributed by atoms with Crippen LogP contribution in [0.15, 0.2) is 0 Å². The molecule has 1 saturated heterocycles. The van der Waals surface area contributed by atoms with Crippen molar-refractivity contribution in [1.29, 1.82) is 0 Å². The second kappa shape index (κ2) is 3.81. The van der Waals surface area contributed by atoms with Gasteiger partial charge >= 0.3 is 0 Å². The molecule has 0 aliphatic carbocycles. The van der Waals surface area contributed by atoms with Gasteiger partial charge in [0.1, 0.15) is 0 Å². The summed E-state index contributed by atoms with van der Waals surface area (Å²) < 4.78 is 24.8. The highest BCUT2D eigenvalue weighted by molar-refractivity contribution is 5.84. The van der Waals surface area contributed by atoms with Crippen molar-refractivity contribution in [3.8, 4) is 0 Å². The Labute approximate surface area is 82.2 Å². The molecule has 0 aromatic heterocycles. The Morgan fingerprint density at radius 1 is 1.50 bits per heavy atom. The summed E-state index contributed by atoms with van der Waals surface area (Å²) in [7, 11) is 0. The Bertz CT molecular complexity index is 216. The predicted octanol–water partition coefficient (Wildman–Crippen LogP) is 1.93. The van der Waals surface area contributed by atoms with Crippen LogP contribution in [0.1, 0.15) is 20.3 Å². The normalized spacial score (nSPS) is 22.0. The van der Waals surface area contributed by atoms with Gasteiger partial charge in [-0.3, -0.25) is 4.79 Å². The van der Waals surface area contributed by atoms with Crippen molar-refractivity contribution < 1.29 is 13.6 Å². The molecule has 0 spiro atoms. The van der Waals surface area contributed by atoms with E-state index in [0.29, 0.717) is 6.42 Å². The number of hydrogen-bond acceptors (Lipinski definition) is 1. The summed E-state index contributed by atoms with van der Waals surface area (Å²) >= 11 is 0. The molecule has 82 valence electrons. The first-order valence-electron chi connectivity index (χ1n) is 4.69. The lowest BCUT2D eigenvalue weighted by Crippen LogP contribution is -2.60. The first-order chi connectivity index (χ1) is 6.32. The Balaban J connectivity index is 2.36. The zero-order valence-electron chi connectivity index (χ0n) is 8.39. The van der Waals surface area contributed by atoms with Crippen molar-refractivity contribution in [2.45, 2.75) is 32.2 Å². The highest BCUT2D eigenvalue weighted by Crippen LogP contribution is 2.28. The van der Waals surface area contributed by atoms with Gasteiger partial charge in [-0.1, -0.05) is 26.3 Å². The topological polar surface area (TPSA) is 44.1 Å². The van der Waals surface area contributed by atoms with Crippen LogP contribution in [0, 0.1) is 5.92 Å². The lowest BCUT2D eigenvalue weighted by Gasteiger charge is -2.41. The molecular weight excluding hydrogens is 190 g/mol. The number of carbonyl (C=O) groups excluding carboxylic acids is 1. The molecule has 0 radical (unpaired) electrons. The second-order valence-corrected chi connectivity index (χ2v) is 4.23. The SMILES string of the molecule is CC(C)C[C@H]([NH-])C(=O)N1CC(F)(F)C1. The number of nitrogens with zero attached hydrogens (tertiary/aromatic N) is 1. The number of likely N-dealkylation sites (tertiary alicyclic amines) is 1. The number of nitrogens with one attached hydrogen (secondary N) is 1. The molecule has 0 saturated carbocycles. The molecule has 1 heterocycles. The lowest BCUT2D eigenvalue weighted by atomic mass is 10.0. The molecule has 1 atom stereocenters. The monoisotopic (exact) mass is 205 g/mol. The summed E-state index contributed by atoms with van der Waals surface area (Å²) in [6, 6.07) is -0.883. The lowest BCUT2D eigenvalue weighted by molar-refractivity contribution is -0.166. The zero-order valence-corrected chi connectivity index (χ0v) is 8.39. The van der Waals surface area contributed by atoms with E-state index in [2.05, 4.69) is 0 Å². The summed E-state index contributed by atoms with van der Waals surface area (Å²) in [5.41, 5.74) is 7.47. The minimum Gasteiger partial charge on any atom is -0.667 e. The van der Waals surface area contributed by atoms with E-state index in [1.54, 1.807) is 0 Å². The van der Waals surface area contributed by atoms with E-state index in [4.69, 9.17) is 5.73 Å². The van der Waals surface area contributed by atoms with Crippen LogP contribution in [0.2, 0.25) is 0 Å². The average Bonchev–Trinajstić information content (AvgIpc) is 1.97. The predicted molar refractivity (Wildman–Crippen MR) is 49.1 cm³/mol. The molecule has 0 bridgehead atoms. The zero-order chi connectivity index (χ0) is 10.9. The van der Waals surface area contributed by atoms with Crippen LogP contribution in [0.3, 0.4) is 0 Å². The van der Waals surface area contributed by atoms with E-state index in [-0.39, 0.29) is 5.92 Å². The van der Waals surface area contributed by atoms with Crippen LogP contribution in [0.25, 0.3) is 5.73 Å². The van der Waals surface area contributed by atoms with Crippen LogP contribution >= 0.6 is 0 Å². The first kappa shape index (κ1) is 11.4. The van der Waals surface area contributed by atoms with Gasteiger partial charge in [-0.2, -0.15) is 0 Å². The Hall–Kier alpha value is -0.710. The van der Waals surface area contributed by atoms with Crippen molar-refractivity contribution in [2.75, 3.05) is 13.1 Å². The van der Waals surface area contributed by atoms with Crippen molar-refractivity contribution >= 4 is 5.91 Å². The molecule has 1 amide bonds. The van der Waals surface area contributed by atoms with Gasteiger partial charge in [0, 0.05) is 0 Å². The number of rotatable bonds is 3. The van der Waals surface area contributed by atoms with E-state index in [0.717, 1.165) is 4.90 Å². The smallest absolute Gasteiger partial charge is 0.282 e. The van der Waals surface area contributed by atoms with Crippen LogP contribution in [-0.4, -0.2) is 35.9 Å². The summed E-state index contributed by atoms with van der Waals surface area (Å²) in [5.74, 6) is -2.96. The third kappa shape index (κ3) is 2.64. The number of halogens is 2. The summed E-state index contributed by atoms with van der Waals surface area (Å²) in [6.07, 6.45) is 0.431. The van der Waals surface area contributed by atoms with Gasteiger partial charge in [0.25, 0.3) is 5.92 Å². The third-order valence-electron chi connectivity index (χ3n) is 2.16. The standard InChI is InChI=1S/C9H15F2N2O/c1-6(2)3-7(12)8(14)13-4-9(10,11)5-13/h6-7,12H,3-5H2,1-2H3/q-1/t7-/m0/s1. The van der Waals surface area contributed by atoms with Gasteiger partial charge in [-0.05, 0) is 5.92 Å². The van der Waals surface area contributed by atoms with Crippen molar-refractivity contribution in [3.05, 3.63) is 5.73 Å². The quantitative estimate of drug-likeness (QED) is 0.694. The van der Waals surface area contributed by atoms with E-state index in [9.17, 15) is 13.6 Å². The Morgan fingerprint density at radius 3 is 2.36 bits per heavy atom. The summed E-state index contributed by atoms with van der Waals surface area (Å²) in [4.78, 5) is 12.4. The number of amides is 1. The first-order valence-corrected chi connectivity index (χ1v) is 4.69. The fourth-order valence-electron chi connectivity index (χ4n) is 1.46. The fraction of sp³-hybridized carbons (Fsp3) is 0.889. The third-order valence-corrected chi connectivity index (χ3v) is 2.16. The van der Waals surface area contributed by atoms with Gasteiger partial charge in [-0.25, -0.2) is 8.78 Å². The molecule has 3 nitrogen and oxygen atoms in total. The Kier molecular flexibility index (Phi) is 3.09. The maximum atomic E-state index is 12.4. The highest BCUT2D eigenvalue weighted by Gasteiger charge is 2.46. The molecule has 1 rings (SSSR count). The van der Waals surface area contributed by atoms with Crippen LogP contribution in [0.5, 0.6) is 0 Å². The van der Waals surface area contributed by atoms with Gasteiger partial charge in [0.05, 0.1) is 13.1 Å². The summed E-state index contributed by atoms with van der Waals surface area (Å²) in [5, 5.41) is 0. The number of alkyl halides is 2. The van der Waals surface area contributed by atoms with E-state index in [1.165, 1.54) is 0 Å². The van der Waals surface area contributed by atoms with E-state index < -0.39 is 31.0 Å². The molecule has 5 heteroatoms. The van der Waals surface area contributed by atoms with E-state index in [1.807, 2.05) is 13.8 Å². The molecule has 0 unspecified atom stereocenters. The molecule has 1 aliphatic heterocycles. The van der Waals surface area contributed by atoms with Gasteiger partial charge in [0.15, 0.2) is 0 Å². The van der Waals surface area contributed by atoms with Crippen LogP contribution in [-0.2, 0) is 4.79 Å². The minimum absolute atomic E-state index is 0.239. The average molecular weight is 205 g/mol. The molecule has 1 fully saturated rings. The maximum Gasteiger partial charge on any atom is 0.282 e. The molecule has 0 aromatic carbocycles. The summed E-state index contributed by atoms with van der Waals surface area (Å²) in [6.45, 7) is 2.78. The minimum atomic E-state index is -2.73. The van der Waals surface area contributed by atoms with E-state index >= 15 is 0 Å². The van der Waals surface area contributed by atoms with Crippen molar-refractivity contribution in [2.24, 2.45) is 5.92 Å². The maximum absolute atomic E-state index is 12.4.